The summed E-state index contributed by atoms with van der Waals surface area (Å²) in [6.45, 7) is 8.91. The monoisotopic (exact) mass is 344 g/mol. The summed E-state index contributed by atoms with van der Waals surface area (Å²) in [6.07, 6.45) is 2.40. The minimum atomic E-state index is -0.229. The van der Waals surface area contributed by atoms with E-state index in [4.69, 9.17) is 0 Å². The van der Waals surface area contributed by atoms with Gasteiger partial charge in [-0.05, 0) is 52.2 Å². The number of anilines is 1. The van der Waals surface area contributed by atoms with Crippen molar-refractivity contribution in [3.8, 4) is 0 Å². The van der Waals surface area contributed by atoms with E-state index in [2.05, 4.69) is 33.1 Å². The first-order chi connectivity index (χ1) is 11.5. The fraction of sp³-hybridized carbons (Fsp3) is 0.500. The summed E-state index contributed by atoms with van der Waals surface area (Å²) in [5, 5.41) is 12.3. The molecular weight excluding hydrogens is 320 g/mol. The number of hydrogen-bond acceptors (Lipinski definition) is 4. The molecule has 128 valence electrons. The summed E-state index contributed by atoms with van der Waals surface area (Å²) >= 11 is 1.47. The lowest BCUT2D eigenvalue weighted by Crippen LogP contribution is -2.23. The number of amides is 1. The molecule has 1 aliphatic carbocycles. The molecule has 1 fully saturated rings. The van der Waals surface area contributed by atoms with Gasteiger partial charge in [0.05, 0.1) is 5.25 Å². The van der Waals surface area contributed by atoms with Crippen LogP contribution in [0, 0.1) is 13.8 Å². The van der Waals surface area contributed by atoms with Gasteiger partial charge in [-0.1, -0.05) is 29.5 Å². The van der Waals surface area contributed by atoms with Crippen molar-refractivity contribution in [2.45, 2.75) is 63.4 Å². The van der Waals surface area contributed by atoms with Gasteiger partial charge in [-0.15, -0.1) is 10.2 Å². The predicted molar refractivity (Wildman–Crippen MR) is 97.5 cm³/mol. The topological polar surface area (TPSA) is 59.8 Å². The smallest absolute Gasteiger partial charge is 0.237 e. The number of nitrogens with one attached hydrogen (secondary N) is 1. The zero-order chi connectivity index (χ0) is 17.3. The highest BCUT2D eigenvalue weighted by Crippen LogP contribution is 2.40. The molecule has 1 saturated carbocycles. The molecule has 1 aromatic carbocycles. The number of aromatic nitrogens is 3. The molecule has 0 spiro atoms. The van der Waals surface area contributed by atoms with Crippen LogP contribution in [0.3, 0.4) is 0 Å². The average Bonchev–Trinajstić information content (AvgIpc) is 3.31. The Morgan fingerprint density at radius 1 is 1.38 bits per heavy atom. The van der Waals surface area contributed by atoms with Crippen LogP contribution < -0.4 is 5.32 Å². The second-order valence-corrected chi connectivity index (χ2v) is 7.73. The van der Waals surface area contributed by atoms with Crippen molar-refractivity contribution in [2.75, 3.05) is 5.32 Å². The minimum Gasteiger partial charge on any atom is -0.325 e. The van der Waals surface area contributed by atoms with Crippen LogP contribution in [-0.2, 0) is 11.3 Å². The Hall–Kier alpha value is -1.82. The van der Waals surface area contributed by atoms with E-state index >= 15 is 0 Å². The van der Waals surface area contributed by atoms with Crippen LogP contribution in [0.2, 0.25) is 0 Å². The van der Waals surface area contributed by atoms with Gasteiger partial charge in [0.15, 0.2) is 5.16 Å². The van der Waals surface area contributed by atoms with E-state index in [-0.39, 0.29) is 11.2 Å². The van der Waals surface area contributed by atoms with Crippen molar-refractivity contribution >= 4 is 23.4 Å². The summed E-state index contributed by atoms with van der Waals surface area (Å²) in [7, 11) is 0. The van der Waals surface area contributed by atoms with Gasteiger partial charge in [0.2, 0.25) is 5.91 Å². The summed E-state index contributed by atoms with van der Waals surface area (Å²) in [5.41, 5.74) is 3.14. The Labute approximate surface area is 147 Å². The van der Waals surface area contributed by atoms with Crippen LogP contribution in [0.1, 0.15) is 49.6 Å². The van der Waals surface area contributed by atoms with Gasteiger partial charge in [-0.25, -0.2) is 0 Å². The largest absolute Gasteiger partial charge is 0.325 e. The first-order valence-electron chi connectivity index (χ1n) is 8.47. The maximum absolute atomic E-state index is 12.5. The first-order valence-corrected chi connectivity index (χ1v) is 9.35. The van der Waals surface area contributed by atoms with Crippen LogP contribution >= 0.6 is 11.8 Å². The molecule has 1 aliphatic rings. The fourth-order valence-electron chi connectivity index (χ4n) is 2.73. The Morgan fingerprint density at radius 2 is 2.12 bits per heavy atom. The summed E-state index contributed by atoms with van der Waals surface area (Å²) < 4.78 is 2.14. The third-order valence-electron chi connectivity index (χ3n) is 4.30. The van der Waals surface area contributed by atoms with Gasteiger partial charge in [-0.3, -0.25) is 4.79 Å². The number of carbonyl (C=O) groups excluding carboxylic acids is 1. The molecule has 0 unspecified atom stereocenters. The van der Waals surface area contributed by atoms with Crippen molar-refractivity contribution < 1.29 is 4.79 Å². The Balaban J connectivity index is 1.68. The molecular formula is C18H24N4OS. The molecule has 6 heteroatoms. The van der Waals surface area contributed by atoms with E-state index in [1.165, 1.54) is 30.2 Å². The van der Waals surface area contributed by atoms with Crippen LogP contribution in [0.4, 0.5) is 5.69 Å². The van der Waals surface area contributed by atoms with Gasteiger partial charge in [0.25, 0.3) is 0 Å². The van der Waals surface area contributed by atoms with Gasteiger partial charge < -0.3 is 9.88 Å². The minimum absolute atomic E-state index is 0.00872. The fourth-order valence-corrected chi connectivity index (χ4v) is 3.65. The van der Waals surface area contributed by atoms with Crippen molar-refractivity contribution in [1.82, 2.24) is 14.8 Å². The van der Waals surface area contributed by atoms with Gasteiger partial charge in [-0.2, -0.15) is 0 Å². The highest BCUT2D eigenvalue weighted by atomic mass is 32.2. The number of benzene rings is 1. The lowest BCUT2D eigenvalue weighted by Gasteiger charge is -2.14. The van der Waals surface area contributed by atoms with Gasteiger partial charge in [0.1, 0.15) is 5.82 Å². The average molecular weight is 344 g/mol. The third kappa shape index (κ3) is 3.64. The standard InChI is InChI=1S/C18H24N4OS/c1-5-22-16(14-7-8-14)20-21-18(22)24-13(4)17(23)19-15-9-6-11(2)10-12(15)3/h6,9-10,13-14H,5,7-8H2,1-4H3,(H,19,23)/t13-/m0/s1. The zero-order valence-corrected chi connectivity index (χ0v) is 15.5. The Kier molecular flexibility index (Phi) is 4.94. The van der Waals surface area contributed by atoms with Crippen molar-refractivity contribution in [1.29, 1.82) is 0 Å². The van der Waals surface area contributed by atoms with Crippen LogP contribution in [0.5, 0.6) is 0 Å². The summed E-state index contributed by atoms with van der Waals surface area (Å²) in [6, 6.07) is 6.04. The zero-order valence-electron chi connectivity index (χ0n) is 14.7. The summed E-state index contributed by atoms with van der Waals surface area (Å²) in [5.74, 6) is 1.62. The highest BCUT2D eigenvalue weighted by Gasteiger charge is 2.30. The van der Waals surface area contributed by atoms with Gasteiger partial charge in [0, 0.05) is 18.2 Å². The molecule has 5 nitrogen and oxygen atoms in total. The van der Waals surface area contributed by atoms with Crippen molar-refractivity contribution in [2.24, 2.45) is 0 Å². The van der Waals surface area contributed by atoms with Crippen LogP contribution in [0.25, 0.3) is 0 Å². The molecule has 0 aliphatic heterocycles. The maximum atomic E-state index is 12.5. The first kappa shape index (κ1) is 17.0. The van der Waals surface area contributed by atoms with E-state index in [9.17, 15) is 4.79 Å². The third-order valence-corrected chi connectivity index (χ3v) is 5.38. The number of thioether (sulfide) groups is 1. The molecule has 1 heterocycles. The van der Waals surface area contributed by atoms with E-state index in [1.807, 2.05) is 32.9 Å². The Bertz CT molecular complexity index is 751. The quantitative estimate of drug-likeness (QED) is 0.807. The number of rotatable bonds is 6. The van der Waals surface area contributed by atoms with E-state index in [0.717, 1.165) is 28.8 Å². The molecule has 1 amide bonds. The maximum Gasteiger partial charge on any atom is 0.237 e. The second kappa shape index (κ2) is 6.97. The van der Waals surface area contributed by atoms with Crippen molar-refractivity contribution in [3.63, 3.8) is 0 Å². The second-order valence-electron chi connectivity index (χ2n) is 6.43. The predicted octanol–water partition coefficient (Wildman–Crippen LogP) is 3.91. The van der Waals surface area contributed by atoms with E-state index in [1.54, 1.807) is 0 Å². The Morgan fingerprint density at radius 3 is 2.75 bits per heavy atom. The molecule has 2 aromatic rings. The summed E-state index contributed by atoms with van der Waals surface area (Å²) in [4.78, 5) is 12.5. The lowest BCUT2D eigenvalue weighted by atomic mass is 10.1. The van der Waals surface area contributed by atoms with Gasteiger partial charge >= 0.3 is 0 Å². The number of nitrogens with zero attached hydrogens (tertiary/aromatic N) is 3. The highest BCUT2D eigenvalue weighted by molar-refractivity contribution is 8.00. The number of carbonyl (C=O) groups is 1. The van der Waals surface area contributed by atoms with Crippen LogP contribution in [-0.4, -0.2) is 25.9 Å². The molecule has 0 bridgehead atoms. The molecule has 3 rings (SSSR count). The molecule has 0 radical (unpaired) electrons. The number of aryl methyl sites for hydroxylation is 2. The number of hydrogen-bond donors (Lipinski definition) is 1. The normalized spacial score (nSPS) is 15.3. The SMILES string of the molecule is CCn1c(S[C@@H](C)C(=O)Nc2ccc(C)cc2C)nnc1C1CC1. The van der Waals surface area contributed by atoms with Crippen LogP contribution in [0.15, 0.2) is 23.4 Å². The van der Waals surface area contributed by atoms with E-state index in [0.29, 0.717) is 5.92 Å². The molecule has 0 saturated heterocycles. The lowest BCUT2D eigenvalue weighted by molar-refractivity contribution is -0.115. The van der Waals surface area contributed by atoms with Crippen molar-refractivity contribution in [3.05, 3.63) is 35.2 Å². The molecule has 1 N–H and O–H groups in total. The molecule has 1 atom stereocenters. The van der Waals surface area contributed by atoms with E-state index < -0.39 is 0 Å². The molecule has 1 aromatic heterocycles. The molecule has 24 heavy (non-hydrogen) atoms.